The second-order valence-corrected chi connectivity index (χ2v) is 5.92. The third-order valence-corrected chi connectivity index (χ3v) is 3.65. The SMILES string of the molecule is COc1ccccc1N(C)CCCCC(C)(C)CN. The lowest BCUT2D eigenvalue weighted by atomic mass is 9.87. The van der Waals surface area contributed by atoms with Gasteiger partial charge in [-0.2, -0.15) is 0 Å². The number of nitrogens with two attached hydrogens (primary N) is 1. The first-order valence-corrected chi connectivity index (χ1v) is 7.04. The van der Waals surface area contributed by atoms with Crippen molar-refractivity contribution in [2.45, 2.75) is 33.1 Å². The highest BCUT2D eigenvalue weighted by Gasteiger charge is 2.14. The molecule has 3 heteroatoms. The van der Waals surface area contributed by atoms with Crippen molar-refractivity contribution >= 4 is 5.69 Å². The quantitative estimate of drug-likeness (QED) is 0.732. The minimum atomic E-state index is 0.267. The Morgan fingerprint density at radius 3 is 2.53 bits per heavy atom. The second kappa shape index (κ2) is 7.39. The topological polar surface area (TPSA) is 38.5 Å². The van der Waals surface area contributed by atoms with Gasteiger partial charge in [-0.25, -0.2) is 0 Å². The summed E-state index contributed by atoms with van der Waals surface area (Å²) in [4.78, 5) is 2.26. The lowest BCUT2D eigenvalue weighted by Crippen LogP contribution is -2.24. The van der Waals surface area contributed by atoms with Crippen LogP contribution in [0.4, 0.5) is 5.69 Å². The number of benzene rings is 1. The molecule has 0 fully saturated rings. The summed E-state index contributed by atoms with van der Waals surface area (Å²) in [5, 5.41) is 0. The molecule has 1 aromatic carbocycles. The standard InChI is InChI=1S/C16H28N2O/c1-16(2,13-17)11-7-8-12-18(3)14-9-5-6-10-15(14)19-4/h5-6,9-10H,7-8,11-13,17H2,1-4H3. The molecule has 0 aromatic heterocycles. The summed E-state index contributed by atoms with van der Waals surface area (Å²) in [6, 6.07) is 8.15. The van der Waals surface area contributed by atoms with E-state index in [1.165, 1.54) is 19.3 Å². The molecule has 0 spiro atoms. The Kier molecular flexibility index (Phi) is 6.16. The van der Waals surface area contributed by atoms with E-state index in [9.17, 15) is 0 Å². The molecule has 108 valence electrons. The maximum atomic E-state index is 5.75. The first-order valence-electron chi connectivity index (χ1n) is 7.04. The van der Waals surface area contributed by atoms with Crippen LogP contribution >= 0.6 is 0 Å². The number of hydrogen-bond donors (Lipinski definition) is 1. The van der Waals surface area contributed by atoms with E-state index in [2.05, 4.69) is 31.9 Å². The summed E-state index contributed by atoms with van der Waals surface area (Å²) in [6.45, 7) is 6.27. The Bertz CT molecular complexity index is 377. The van der Waals surface area contributed by atoms with Crippen LogP contribution in [0.3, 0.4) is 0 Å². The normalized spacial score (nSPS) is 11.4. The maximum Gasteiger partial charge on any atom is 0.142 e. The van der Waals surface area contributed by atoms with Crippen LogP contribution in [-0.2, 0) is 0 Å². The predicted octanol–water partition coefficient (Wildman–Crippen LogP) is 3.29. The zero-order valence-corrected chi connectivity index (χ0v) is 12.8. The van der Waals surface area contributed by atoms with E-state index in [1.807, 2.05) is 18.2 Å². The van der Waals surface area contributed by atoms with Crippen LogP contribution in [0, 0.1) is 5.41 Å². The summed E-state index contributed by atoms with van der Waals surface area (Å²) >= 11 is 0. The highest BCUT2D eigenvalue weighted by atomic mass is 16.5. The van der Waals surface area contributed by atoms with E-state index in [0.717, 1.165) is 24.5 Å². The Hall–Kier alpha value is -1.22. The van der Waals surface area contributed by atoms with Crippen molar-refractivity contribution < 1.29 is 4.74 Å². The molecule has 0 saturated carbocycles. The summed E-state index contributed by atoms with van der Waals surface area (Å²) in [7, 11) is 3.84. The van der Waals surface area contributed by atoms with Crippen molar-refractivity contribution in [3.8, 4) is 5.75 Å². The Balaban J connectivity index is 2.41. The van der Waals surface area contributed by atoms with E-state index >= 15 is 0 Å². The smallest absolute Gasteiger partial charge is 0.142 e. The van der Waals surface area contributed by atoms with Crippen LogP contribution in [-0.4, -0.2) is 27.2 Å². The molecule has 0 bridgehead atoms. The molecule has 3 nitrogen and oxygen atoms in total. The Morgan fingerprint density at radius 2 is 1.89 bits per heavy atom. The van der Waals surface area contributed by atoms with Gasteiger partial charge in [0.05, 0.1) is 12.8 Å². The Labute approximate surface area is 117 Å². The van der Waals surface area contributed by atoms with Gasteiger partial charge in [-0.1, -0.05) is 32.4 Å². The van der Waals surface area contributed by atoms with E-state index < -0.39 is 0 Å². The van der Waals surface area contributed by atoms with Crippen molar-refractivity contribution in [1.82, 2.24) is 0 Å². The molecule has 0 radical (unpaired) electrons. The monoisotopic (exact) mass is 264 g/mol. The summed E-state index contributed by atoms with van der Waals surface area (Å²) < 4.78 is 5.39. The van der Waals surface area contributed by atoms with Crippen LogP contribution in [0.25, 0.3) is 0 Å². The van der Waals surface area contributed by atoms with Crippen LogP contribution < -0.4 is 15.4 Å². The van der Waals surface area contributed by atoms with Crippen LogP contribution in [0.15, 0.2) is 24.3 Å². The molecule has 2 N–H and O–H groups in total. The zero-order valence-electron chi connectivity index (χ0n) is 12.8. The Morgan fingerprint density at radius 1 is 1.21 bits per heavy atom. The van der Waals surface area contributed by atoms with Crippen LogP contribution in [0.2, 0.25) is 0 Å². The van der Waals surface area contributed by atoms with Gasteiger partial charge in [-0.3, -0.25) is 0 Å². The van der Waals surface area contributed by atoms with E-state index in [1.54, 1.807) is 7.11 Å². The number of nitrogens with zero attached hydrogens (tertiary/aromatic N) is 1. The number of unbranched alkanes of at least 4 members (excludes halogenated alkanes) is 1. The van der Waals surface area contributed by atoms with Crippen molar-refractivity contribution in [2.75, 3.05) is 32.1 Å². The largest absolute Gasteiger partial charge is 0.495 e. The van der Waals surface area contributed by atoms with E-state index in [4.69, 9.17) is 10.5 Å². The number of anilines is 1. The molecule has 19 heavy (non-hydrogen) atoms. The third-order valence-electron chi connectivity index (χ3n) is 3.65. The van der Waals surface area contributed by atoms with Gasteiger partial charge in [-0.15, -0.1) is 0 Å². The molecule has 0 aliphatic carbocycles. The molecule has 0 unspecified atom stereocenters. The minimum Gasteiger partial charge on any atom is -0.495 e. The van der Waals surface area contributed by atoms with Crippen molar-refractivity contribution in [3.63, 3.8) is 0 Å². The van der Waals surface area contributed by atoms with Gasteiger partial charge in [0, 0.05) is 13.6 Å². The molecule has 0 amide bonds. The first-order chi connectivity index (χ1) is 9.00. The second-order valence-electron chi connectivity index (χ2n) is 5.92. The molecule has 0 saturated heterocycles. The fourth-order valence-electron chi connectivity index (χ4n) is 2.12. The van der Waals surface area contributed by atoms with Crippen LogP contribution in [0.5, 0.6) is 5.75 Å². The average molecular weight is 264 g/mol. The van der Waals surface area contributed by atoms with E-state index in [0.29, 0.717) is 0 Å². The first kappa shape index (κ1) is 15.8. The van der Waals surface area contributed by atoms with Gasteiger partial charge in [0.2, 0.25) is 0 Å². The summed E-state index contributed by atoms with van der Waals surface area (Å²) in [6.07, 6.45) is 3.57. The molecule has 0 aliphatic heterocycles. The number of ether oxygens (including phenoxy) is 1. The van der Waals surface area contributed by atoms with Gasteiger partial charge in [0.25, 0.3) is 0 Å². The molecule has 1 aromatic rings. The number of rotatable bonds is 8. The fourth-order valence-corrected chi connectivity index (χ4v) is 2.12. The third kappa shape index (κ3) is 5.11. The fraction of sp³-hybridized carbons (Fsp3) is 0.625. The predicted molar refractivity (Wildman–Crippen MR) is 83.0 cm³/mol. The van der Waals surface area contributed by atoms with Gasteiger partial charge >= 0.3 is 0 Å². The molecular formula is C16H28N2O. The van der Waals surface area contributed by atoms with Gasteiger partial charge in [-0.05, 0) is 36.9 Å². The maximum absolute atomic E-state index is 5.75. The molecule has 0 heterocycles. The summed E-state index contributed by atoms with van der Waals surface area (Å²) in [5.74, 6) is 0.937. The molecular weight excluding hydrogens is 236 g/mol. The van der Waals surface area contributed by atoms with E-state index in [-0.39, 0.29) is 5.41 Å². The average Bonchev–Trinajstić information content (AvgIpc) is 2.43. The number of methoxy groups -OCH3 is 1. The van der Waals surface area contributed by atoms with Crippen LogP contribution in [0.1, 0.15) is 33.1 Å². The molecule has 1 rings (SSSR count). The summed E-state index contributed by atoms with van der Waals surface area (Å²) in [5.41, 5.74) is 7.17. The van der Waals surface area contributed by atoms with Gasteiger partial charge in [0.1, 0.15) is 5.75 Å². The lowest BCUT2D eigenvalue weighted by Gasteiger charge is -2.24. The molecule has 0 aliphatic rings. The zero-order chi connectivity index (χ0) is 14.3. The molecule has 0 atom stereocenters. The van der Waals surface area contributed by atoms with Gasteiger partial charge in [0.15, 0.2) is 0 Å². The van der Waals surface area contributed by atoms with Gasteiger partial charge < -0.3 is 15.4 Å². The van der Waals surface area contributed by atoms with Crippen molar-refractivity contribution in [2.24, 2.45) is 11.1 Å². The van der Waals surface area contributed by atoms with Crippen molar-refractivity contribution in [3.05, 3.63) is 24.3 Å². The number of hydrogen-bond acceptors (Lipinski definition) is 3. The number of para-hydroxylation sites is 2. The lowest BCUT2D eigenvalue weighted by molar-refractivity contribution is 0.333. The highest BCUT2D eigenvalue weighted by Crippen LogP contribution is 2.27. The van der Waals surface area contributed by atoms with Crippen molar-refractivity contribution in [1.29, 1.82) is 0 Å². The highest BCUT2D eigenvalue weighted by molar-refractivity contribution is 5.57. The minimum absolute atomic E-state index is 0.267.